The summed E-state index contributed by atoms with van der Waals surface area (Å²) in [5.74, 6) is 0.794. The van der Waals surface area contributed by atoms with E-state index in [1.54, 1.807) is 0 Å². The molecule has 20 heavy (non-hydrogen) atoms. The number of rotatable bonds is 5. The minimum atomic E-state index is -0.513. The molecule has 0 aromatic heterocycles. The molecular weight excluding hydrogens is 274 g/mol. The lowest BCUT2D eigenvalue weighted by molar-refractivity contribution is -0.111. The SMILES string of the molecule is NCC(O)c1ccccc1.O=C(Cl)CCC1CCCC1. The van der Waals surface area contributed by atoms with Crippen LogP contribution in [-0.4, -0.2) is 16.9 Å². The van der Waals surface area contributed by atoms with Crippen LogP contribution >= 0.6 is 11.6 Å². The van der Waals surface area contributed by atoms with E-state index in [4.69, 9.17) is 17.3 Å². The Morgan fingerprint density at radius 2 is 1.90 bits per heavy atom. The van der Waals surface area contributed by atoms with Gasteiger partial charge in [-0.3, -0.25) is 4.79 Å². The summed E-state index contributed by atoms with van der Waals surface area (Å²) in [6.45, 7) is 0.282. The number of hydrogen-bond acceptors (Lipinski definition) is 3. The van der Waals surface area contributed by atoms with Gasteiger partial charge in [0.25, 0.3) is 0 Å². The van der Waals surface area contributed by atoms with E-state index in [0.717, 1.165) is 17.9 Å². The van der Waals surface area contributed by atoms with E-state index in [1.165, 1.54) is 25.7 Å². The number of nitrogens with two attached hydrogens (primary N) is 1. The molecule has 0 aliphatic heterocycles. The van der Waals surface area contributed by atoms with Crippen molar-refractivity contribution in [2.75, 3.05) is 6.54 Å². The van der Waals surface area contributed by atoms with Gasteiger partial charge in [0.1, 0.15) is 0 Å². The van der Waals surface area contributed by atoms with Gasteiger partial charge in [0.15, 0.2) is 0 Å². The van der Waals surface area contributed by atoms with Crippen LogP contribution in [0.5, 0.6) is 0 Å². The lowest BCUT2D eigenvalue weighted by Gasteiger charge is -2.05. The average molecular weight is 298 g/mol. The van der Waals surface area contributed by atoms with Crippen molar-refractivity contribution < 1.29 is 9.90 Å². The van der Waals surface area contributed by atoms with Crippen LogP contribution in [0.2, 0.25) is 0 Å². The molecule has 2 rings (SSSR count). The van der Waals surface area contributed by atoms with Crippen LogP contribution in [0.4, 0.5) is 0 Å². The zero-order valence-electron chi connectivity index (χ0n) is 11.8. The first-order valence-electron chi connectivity index (χ1n) is 7.25. The van der Waals surface area contributed by atoms with E-state index in [9.17, 15) is 9.90 Å². The molecule has 1 unspecified atom stereocenters. The maximum atomic E-state index is 10.4. The summed E-state index contributed by atoms with van der Waals surface area (Å²) < 4.78 is 0. The third-order valence-electron chi connectivity index (χ3n) is 3.63. The predicted octanol–water partition coefficient (Wildman–Crippen LogP) is 3.40. The van der Waals surface area contributed by atoms with Crippen molar-refractivity contribution in [3.8, 4) is 0 Å². The molecule has 1 saturated carbocycles. The number of carbonyl (C=O) groups excluding carboxylic acids is 1. The Kier molecular flexibility index (Phi) is 8.51. The van der Waals surface area contributed by atoms with Gasteiger partial charge in [-0.2, -0.15) is 0 Å². The van der Waals surface area contributed by atoms with Crippen molar-refractivity contribution in [2.45, 2.75) is 44.6 Å². The largest absolute Gasteiger partial charge is 0.387 e. The monoisotopic (exact) mass is 297 g/mol. The average Bonchev–Trinajstić information content (AvgIpc) is 2.99. The second-order valence-corrected chi connectivity index (χ2v) is 5.63. The minimum absolute atomic E-state index is 0.174. The number of carbonyl (C=O) groups is 1. The van der Waals surface area contributed by atoms with Crippen LogP contribution in [0.3, 0.4) is 0 Å². The van der Waals surface area contributed by atoms with Crippen LogP contribution in [-0.2, 0) is 4.79 Å². The quantitative estimate of drug-likeness (QED) is 0.819. The highest BCUT2D eigenvalue weighted by Crippen LogP contribution is 2.28. The van der Waals surface area contributed by atoms with Crippen molar-refractivity contribution >= 4 is 16.8 Å². The lowest BCUT2D eigenvalue weighted by atomic mass is 10.0. The fourth-order valence-electron chi connectivity index (χ4n) is 2.43. The first-order chi connectivity index (χ1) is 9.63. The third kappa shape index (κ3) is 7.04. The summed E-state index contributed by atoms with van der Waals surface area (Å²) in [7, 11) is 0. The first-order valence-corrected chi connectivity index (χ1v) is 7.62. The normalized spacial score (nSPS) is 16.4. The molecule has 1 aromatic carbocycles. The maximum absolute atomic E-state index is 10.4. The van der Waals surface area contributed by atoms with E-state index < -0.39 is 6.10 Å². The molecular formula is C16H24ClNO2. The molecule has 1 aliphatic carbocycles. The summed E-state index contributed by atoms with van der Waals surface area (Å²) in [5.41, 5.74) is 6.13. The number of aliphatic hydroxyl groups excluding tert-OH is 1. The van der Waals surface area contributed by atoms with Crippen molar-refractivity contribution in [1.82, 2.24) is 0 Å². The van der Waals surface area contributed by atoms with Gasteiger partial charge < -0.3 is 10.8 Å². The van der Waals surface area contributed by atoms with Crippen LogP contribution in [0, 0.1) is 5.92 Å². The molecule has 0 bridgehead atoms. The van der Waals surface area contributed by atoms with Crippen LogP contribution in [0.25, 0.3) is 0 Å². The van der Waals surface area contributed by atoms with E-state index in [-0.39, 0.29) is 11.8 Å². The number of halogens is 1. The second-order valence-electron chi connectivity index (χ2n) is 5.21. The highest BCUT2D eigenvalue weighted by molar-refractivity contribution is 6.63. The van der Waals surface area contributed by atoms with Crippen LogP contribution < -0.4 is 5.73 Å². The Bertz CT molecular complexity index is 377. The topological polar surface area (TPSA) is 63.3 Å². The molecule has 0 spiro atoms. The third-order valence-corrected chi connectivity index (χ3v) is 3.82. The number of hydrogen-bond donors (Lipinski definition) is 2. The summed E-state index contributed by atoms with van der Waals surface area (Å²) in [4.78, 5) is 10.4. The molecule has 3 nitrogen and oxygen atoms in total. The molecule has 1 atom stereocenters. The zero-order valence-corrected chi connectivity index (χ0v) is 12.6. The highest BCUT2D eigenvalue weighted by Gasteiger charge is 2.15. The Morgan fingerprint density at radius 3 is 2.40 bits per heavy atom. The Morgan fingerprint density at radius 1 is 1.30 bits per heavy atom. The Balaban J connectivity index is 0.000000200. The molecule has 1 fully saturated rings. The highest BCUT2D eigenvalue weighted by atomic mass is 35.5. The van der Waals surface area contributed by atoms with Crippen molar-refractivity contribution in [3.63, 3.8) is 0 Å². The summed E-state index contributed by atoms with van der Waals surface area (Å²) >= 11 is 5.22. The summed E-state index contributed by atoms with van der Waals surface area (Å²) in [6.07, 6.45) is 6.40. The molecule has 3 N–H and O–H groups in total. The molecule has 0 amide bonds. The molecule has 4 heteroatoms. The zero-order chi connectivity index (χ0) is 14.8. The van der Waals surface area contributed by atoms with Gasteiger partial charge in [-0.25, -0.2) is 0 Å². The van der Waals surface area contributed by atoms with Gasteiger partial charge >= 0.3 is 0 Å². The van der Waals surface area contributed by atoms with Crippen molar-refractivity contribution in [3.05, 3.63) is 35.9 Å². The van der Waals surface area contributed by atoms with E-state index in [2.05, 4.69) is 0 Å². The molecule has 0 radical (unpaired) electrons. The fourth-order valence-corrected chi connectivity index (χ4v) is 2.54. The summed E-state index contributed by atoms with van der Waals surface area (Å²) in [6, 6.07) is 9.39. The van der Waals surface area contributed by atoms with E-state index in [0.29, 0.717) is 6.42 Å². The van der Waals surface area contributed by atoms with Gasteiger partial charge in [0, 0.05) is 13.0 Å². The van der Waals surface area contributed by atoms with Crippen LogP contribution in [0.1, 0.15) is 50.2 Å². The van der Waals surface area contributed by atoms with Gasteiger partial charge in [-0.05, 0) is 29.5 Å². The van der Waals surface area contributed by atoms with Gasteiger partial charge in [0.2, 0.25) is 5.24 Å². The van der Waals surface area contributed by atoms with E-state index in [1.807, 2.05) is 30.3 Å². The van der Waals surface area contributed by atoms with Gasteiger partial charge in [0.05, 0.1) is 6.10 Å². The molecule has 1 aromatic rings. The second kappa shape index (κ2) is 9.92. The lowest BCUT2D eigenvalue weighted by Crippen LogP contribution is -2.10. The minimum Gasteiger partial charge on any atom is -0.387 e. The Labute approximate surface area is 126 Å². The number of benzene rings is 1. The fraction of sp³-hybridized carbons (Fsp3) is 0.562. The van der Waals surface area contributed by atoms with Crippen LogP contribution in [0.15, 0.2) is 30.3 Å². The Hall–Kier alpha value is -0.900. The maximum Gasteiger partial charge on any atom is 0.221 e. The van der Waals surface area contributed by atoms with Crippen molar-refractivity contribution in [1.29, 1.82) is 0 Å². The number of aliphatic hydroxyl groups is 1. The first kappa shape index (κ1) is 17.2. The molecule has 112 valence electrons. The standard InChI is InChI=1S/C8H13ClO.C8H11NO/c9-8(10)6-5-7-3-1-2-4-7;9-6-8(10)7-4-2-1-3-5-7/h7H,1-6H2;1-5,8,10H,6,9H2. The smallest absolute Gasteiger partial charge is 0.221 e. The van der Waals surface area contributed by atoms with E-state index >= 15 is 0 Å². The molecule has 1 aliphatic rings. The van der Waals surface area contributed by atoms with Crippen molar-refractivity contribution in [2.24, 2.45) is 11.7 Å². The predicted molar refractivity (Wildman–Crippen MR) is 82.5 cm³/mol. The summed E-state index contributed by atoms with van der Waals surface area (Å²) in [5, 5.41) is 9.03. The molecule has 0 heterocycles. The molecule has 0 saturated heterocycles. The van der Waals surface area contributed by atoms with Gasteiger partial charge in [-0.1, -0.05) is 56.0 Å². The van der Waals surface area contributed by atoms with Gasteiger partial charge in [-0.15, -0.1) is 0 Å².